The van der Waals surface area contributed by atoms with Crippen LogP contribution < -0.4 is 5.32 Å². The number of aromatic nitrogens is 2. The Morgan fingerprint density at radius 3 is 3.05 bits per heavy atom. The highest BCUT2D eigenvalue weighted by molar-refractivity contribution is 7.99. The molecule has 1 aliphatic rings. The second kappa shape index (κ2) is 5.80. The lowest BCUT2D eigenvalue weighted by atomic mass is 10.0. The summed E-state index contributed by atoms with van der Waals surface area (Å²) >= 11 is 8.06. The van der Waals surface area contributed by atoms with Gasteiger partial charge in [-0.3, -0.25) is 4.68 Å². The first-order valence-corrected chi connectivity index (χ1v) is 8.17. The number of nitrogens with zero attached hydrogens (tertiary/aromatic N) is 2. The normalized spacial score (nSPS) is 19.6. The van der Waals surface area contributed by atoms with Crippen LogP contribution >= 0.6 is 23.4 Å². The lowest BCUT2D eigenvalue weighted by molar-refractivity contribution is 0.432. The molecule has 0 bridgehead atoms. The fraction of sp³-hybridized carbons (Fsp3) is 0.400. The van der Waals surface area contributed by atoms with Crippen LogP contribution in [0.3, 0.4) is 0 Å². The predicted octanol–water partition coefficient (Wildman–Crippen LogP) is 3.96. The molecule has 2 heterocycles. The van der Waals surface area contributed by atoms with Gasteiger partial charge in [0.15, 0.2) is 0 Å². The lowest BCUT2D eigenvalue weighted by Crippen LogP contribution is -2.28. The number of fused-ring (bicyclic) bond motifs is 1. The van der Waals surface area contributed by atoms with E-state index in [1.807, 2.05) is 35.8 Å². The zero-order chi connectivity index (χ0) is 14.1. The first kappa shape index (κ1) is 14.0. The maximum Gasteiger partial charge on any atom is 0.0547 e. The number of benzene rings is 1. The third-order valence-corrected chi connectivity index (χ3v) is 5.12. The van der Waals surface area contributed by atoms with E-state index in [4.69, 9.17) is 11.6 Å². The van der Waals surface area contributed by atoms with E-state index in [0.717, 1.165) is 17.2 Å². The number of hydrogen-bond donors (Lipinski definition) is 1. The molecule has 20 heavy (non-hydrogen) atoms. The maximum absolute atomic E-state index is 6.15. The standard InChI is InChI=1S/C15H18ClN3S/c1-10(14-5-7-17-19(14)2)18-13-6-8-20-15-4-3-11(16)9-12(13)15/h3-5,7,9-10,13,18H,6,8H2,1-2H3. The van der Waals surface area contributed by atoms with Gasteiger partial charge in [0.25, 0.3) is 0 Å². The molecule has 5 heteroatoms. The minimum absolute atomic E-state index is 0.266. The zero-order valence-corrected chi connectivity index (χ0v) is 13.2. The van der Waals surface area contributed by atoms with E-state index >= 15 is 0 Å². The second-order valence-corrected chi connectivity index (χ2v) is 6.71. The summed E-state index contributed by atoms with van der Waals surface area (Å²) in [6, 6.07) is 8.88. The topological polar surface area (TPSA) is 29.9 Å². The van der Waals surface area contributed by atoms with Gasteiger partial charge in [-0.1, -0.05) is 11.6 Å². The number of thioether (sulfide) groups is 1. The highest BCUT2D eigenvalue weighted by Crippen LogP contribution is 2.38. The van der Waals surface area contributed by atoms with E-state index in [-0.39, 0.29) is 6.04 Å². The van der Waals surface area contributed by atoms with Crippen LogP contribution in [0.2, 0.25) is 5.02 Å². The van der Waals surface area contributed by atoms with Gasteiger partial charge in [0.1, 0.15) is 0 Å². The van der Waals surface area contributed by atoms with Crippen molar-refractivity contribution < 1.29 is 0 Å². The Kier molecular flexibility index (Phi) is 4.06. The third kappa shape index (κ3) is 2.73. The molecular weight excluding hydrogens is 290 g/mol. The van der Waals surface area contributed by atoms with Crippen LogP contribution in [-0.2, 0) is 7.05 Å². The van der Waals surface area contributed by atoms with Crippen LogP contribution in [-0.4, -0.2) is 15.5 Å². The third-order valence-electron chi connectivity index (χ3n) is 3.77. The molecule has 1 aliphatic heterocycles. The summed E-state index contributed by atoms with van der Waals surface area (Å²) in [5.41, 5.74) is 2.52. The van der Waals surface area contributed by atoms with Gasteiger partial charge in [-0.05, 0) is 48.9 Å². The average Bonchev–Trinajstić information content (AvgIpc) is 2.86. The molecule has 1 N–H and O–H groups in total. The van der Waals surface area contributed by atoms with Crippen molar-refractivity contribution in [3.63, 3.8) is 0 Å². The zero-order valence-electron chi connectivity index (χ0n) is 11.6. The van der Waals surface area contributed by atoms with E-state index in [1.54, 1.807) is 0 Å². The SMILES string of the molecule is CC(NC1CCSc2ccc(Cl)cc21)c1ccnn1C. The van der Waals surface area contributed by atoms with Crippen molar-refractivity contribution in [2.45, 2.75) is 30.3 Å². The highest BCUT2D eigenvalue weighted by atomic mass is 35.5. The van der Waals surface area contributed by atoms with Gasteiger partial charge in [0, 0.05) is 35.2 Å². The van der Waals surface area contributed by atoms with Gasteiger partial charge in [-0.2, -0.15) is 5.10 Å². The quantitative estimate of drug-likeness (QED) is 0.931. The number of halogens is 1. The summed E-state index contributed by atoms with van der Waals surface area (Å²) in [4.78, 5) is 1.34. The number of nitrogens with one attached hydrogen (secondary N) is 1. The van der Waals surface area contributed by atoms with E-state index in [0.29, 0.717) is 6.04 Å². The van der Waals surface area contributed by atoms with Crippen LogP contribution in [0, 0.1) is 0 Å². The van der Waals surface area contributed by atoms with E-state index in [1.165, 1.54) is 16.2 Å². The summed E-state index contributed by atoms with van der Waals surface area (Å²) in [7, 11) is 1.98. The predicted molar refractivity (Wildman–Crippen MR) is 84.3 cm³/mol. The molecule has 0 saturated heterocycles. The van der Waals surface area contributed by atoms with Gasteiger partial charge in [-0.25, -0.2) is 0 Å². The molecule has 2 aromatic rings. The fourth-order valence-electron chi connectivity index (χ4n) is 2.73. The molecule has 3 nitrogen and oxygen atoms in total. The van der Waals surface area contributed by atoms with Crippen molar-refractivity contribution >= 4 is 23.4 Å². The smallest absolute Gasteiger partial charge is 0.0547 e. The van der Waals surface area contributed by atoms with Crippen molar-refractivity contribution in [3.05, 3.63) is 46.7 Å². The van der Waals surface area contributed by atoms with Crippen molar-refractivity contribution in [1.82, 2.24) is 15.1 Å². The van der Waals surface area contributed by atoms with Crippen molar-refractivity contribution in [2.75, 3.05) is 5.75 Å². The molecule has 0 spiro atoms. The second-order valence-electron chi connectivity index (χ2n) is 5.14. The molecule has 0 aliphatic carbocycles. The van der Waals surface area contributed by atoms with Crippen LogP contribution in [0.1, 0.15) is 36.7 Å². The van der Waals surface area contributed by atoms with Gasteiger partial charge < -0.3 is 5.32 Å². The van der Waals surface area contributed by atoms with Gasteiger partial charge in [0.05, 0.1) is 5.69 Å². The first-order valence-electron chi connectivity index (χ1n) is 6.81. The Labute approximate surface area is 128 Å². The summed E-state index contributed by atoms with van der Waals surface area (Å²) in [5, 5.41) is 8.76. The molecule has 0 saturated carbocycles. The summed E-state index contributed by atoms with van der Waals surface area (Å²) in [6.45, 7) is 2.18. The van der Waals surface area contributed by atoms with Gasteiger partial charge >= 0.3 is 0 Å². The molecule has 0 amide bonds. The first-order chi connectivity index (χ1) is 9.65. The molecule has 106 valence electrons. The monoisotopic (exact) mass is 307 g/mol. The van der Waals surface area contributed by atoms with Gasteiger partial charge in [0.2, 0.25) is 0 Å². The Bertz CT molecular complexity index is 611. The summed E-state index contributed by atoms with van der Waals surface area (Å²) in [6.07, 6.45) is 2.97. The minimum Gasteiger partial charge on any atom is -0.302 e. The molecule has 3 rings (SSSR count). The molecule has 2 unspecified atom stereocenters. The van der Waals surface area contributed by atoms with Crippen molar-refractivity contribution in [3.8, 4) is 0 Å². The molecular formula is C15H18ClN3S. The van der Waals surface area contributed by atoms with E-state index in [9.17, 15) is 0 Å². The number of aryl methyl sites for hydroxylation is 1. The Morgan fingerprint density at radius 2 is 2.30 bits per heavy atom. The maximum atomic E-state index is 6.15. The average molecular weight is 308 g/mol. The minimum atomic E-state index is 0.266. The molecule has 1 aromatic carbocycles. The summed E-state index contributed by atoms with van der Waals surface area (Å²) < 4.78 is 1.92. The number of hydrogen-bond acceptors (Lipinski definition) is 3. The molecule has 1 aromatic heterocycles. The Hall–Kier alpha value is -0.970. The van der Waals surface area contributed by atoms with Crippen molar-refractivity contribution in [1.29, 1.82) is 0 Å². The summed E-state index contributed by atoms with van der Waals surface area (Å²) in [5.74, 6) is 1.14. The molecule has 0 radical (unpaired) electrons. The lowest BCUT2D eigenvalue weighted by Gasteiger charge is -2.29. The van der Waals surface area contributed by atoms with E-state index < -0.39 is 0 Å². The Balaban J connectivity index is 1.83. The van der Waals surface area contributed by atoms with E-state index in [2.05, 4.69) is 35.5 Å². The number of rotatable bonds is 3. The van der Waals surface area contributed by atoms with Crippen LogP contribution in [0.5, 0.6) is 0 Å². The van der Waals surface area contributed by atoms with Crippen molar-refractivity contribution in [2.24, 2.45) is 7.05 Å². The fourth-order valence-corrected chi connectivity index (χ4v) is 4.02. The van der Waals surface area contributed by atoms with Gasteiger partial charge in [-0.15, -0.1) is 11.8 Å². The van der Waals surface area contributed by atoms with Crippen LogP contribution in [0.4, 0.5) is 0 Å². The molecule has 2 atom stereocenters. The molecule has 0 fully saturated rings. The highest BCUT2D eigenvalue weighted by Gasteiger charge is 2.23. The largest absolute Gasteiger partial charge is 0.302 e. The van der Waals surface area contributed by atoms with Crippen LogP contribution in [0.25, 0.3) is 0 Å². The van der Waals surface area contributed by atoms with Crippen LogP contribution in [0.15, 0.2) is 35.4 Å². The Morgan fingerprint density at radius 1 is 1.45 bits per heavy atom.